The van der Waals surface area contributed by atoms with Crippen LogP contribution in [0.4, 0.5) is 10.5 Å². The van der Waals surface area contributed by atoms with E-state index in [1.54, 1.807) is 13.0 Å². The lowest BCUT2D eigenvalue weighted by atomic mass is 10.2. The first-order valence-corrected chi connectivity index (χ1v) is 5.56. The maximum Gasteiger partial charge on any atom is 0.411 e. The third kappa shape index (κ3) is 3.18. The number of hydrogen-bond acceptors (Lipinski definition) is 4. The number of amides is 1. The molecule has 1 aliphatic heterocycles. The van der Waals surface area contributed by atoms with Crippen LogP contribution in [0.5, 0.6) is 0 Å². The number of hydrogen-bond donors (Lipinski definition) is 1. The highest BCUT2D eigenvalue weighted by Gasteiger charge is 2.18. The Morgan fingerprint density at radius 3 is 2.94 bits per heavy atom. The van der Waals surface area contributed by atoms with E-state index in [1.165, 1.54) is 0 Å². The number of ether oxygens (including phenoxy) is 3. The van der Waals surface area contributed by atoms with Gasteiger partial charge in [-0.25, -0.2) is 4.79 Å². The zero-order valence-corrected chi connectivity index (χ0v) is 9.64. The first-order valence-electron chi connectivity index (χ1n) is 5.56. The van der Waals surface area contributed by atoms with Crippen molar-refractivity contribution < 1.29 is 19.0 Å². The Morgan fingerprint density at radius 2 is 2.24 bits per heavy atom. The predicted molar refractivity (Wildman–Crippen MR) is 61.7 cm³/mol. The highest BCUT2D eigenvalue weighted by atomic mass is 16.7. The second-order valence-corrected chi connectivity index (χ2v) is 3.54. The monoisotopic (exact) mass is 237 g/mol. The summed E-state index contributed by atoms with van der Waals surface area (Å²) < 4.78 is 15.6. The molecule has 1 aromatic carbocycles. The molecule has 0 aromatic heterocycles. The molecule has 5 nitrogen and oxygen atoms in total. The van der Waals surface area contributed by atoms with Gasteiger partial charge in [0.2, 0.25) is 0 Å². The minimum atomic E-state index is -0.460. The van der Waals surface area contributed by atoms with Gasteiger partial charge in [-0.1, -0.05) is 12.1 Å². The molecule has 1 aliphatic rings. The first kappa shape index (κ1) is 11.9. The highest BCUT2D eigenvalue weighted by molar-refractivity contribution is 5.84. The van der Waals surface area contributed by atoms with Gasteiger partial charge in [-0.15, -0.1) is 0 Å². The fraction of sp³-hybridized carbons (Fsp3) is 0.417. The molecular formula is C12H15NO4. The van der Waals surface area contributed by atoms with Gasteiger partial charge in [0.05, 0.1) is 19.8 Å². The van der Waals surface area contributed by atoms with Crippen molar-refractivity contribution in [3.8, 4) is 0 Å². The molecule has 1 aromatic rings. The summed E-state index contributed by atoms with van der Waals surface area (Å²) >= 11 is 0. The van der Waals surface area contributed by atoms with E-state index >= 15 is 0 Å². The van der Waals surface area contributed by atoms with Gasteiger partial charge in [-0.3, -0.25) is 5.32 Å². The zero-order chi connectivity index (χ0) is 12.1. The smallest absolute Gasteiger partial charge is 0.411 e. The van der Waals surface area contributed by atoms with E-state index in [2.05, 4.69) is 5.32 Å². The molecule has 92 valence electrons. The molecule has 1 saturated heterocycles. The van der Waals surface area contributed by atoms with Crippen LogP contribution < -0.4 is 5.32 Å². The first-order chi connectivity index (χ1) is 8.29. The molecule has 0 radical (unpaired) electrons. The Labute approximate surface area is 99.7 Å². The number of rotatable bonds is 3. The molecule has 0 spiro atoms. The largest absolute Gasteiger partial charge is 0.450 e. The molecule has 0 aliphatic carbocycles. The fourth-order valence-corrected chi connectivity index (χ4v) is 1.60. The molecule has 2 rings (SSSR count). The van der Waals surface area contributed by atoms with Crippen LogP contribution in [0.2, 0.25) is 0 Å². The van der Waals surface area contributed by atoms with Crippen molar-refractivity contribution >= 4 is 11.8 Å². The minimum absolute atomic E-state index is 0.334. The zero-order valence-electron chi connectivity index (χ0n) is 9.64. The molecule has 0 atom stereocenters. The quantitative estimate of drug-likeness (QED) is 0.876. The molecule has 0 unspecified atom stereocenters. The molecule has 1 heterocycles. The lowest BCUT2D eigenvalue weighted by molar-refractivity contribution is -0.0440. The summed E-state index contributed by atoms with van der Waals surface area (Å²) in [7, 11) is 0. The van der Waals surface area contributed by atoms with Crippen molar-refractivity contribution in [1.82, 2.24) is 0 Å². The Bertz CT molecular complexity index is 388. The summed E-state index contributed by atoms with van der Waals surface area (Å²) in [6.45, 7) is 3.30. The number of nitrogens with one attached hydrogen (secondary N) is 1. The average molecular weight is 237 g/mol. The summed E-state index contributed by atoms with van der Waals surface area (Å²) in [6, 6.07) is 7.33. The van der Waals surface area contributed by atoms with Crippen molar-refractivity contribution in [3.63, 3.8) is 0 Å². The number of carbonyl (C=O) groups excluding carboxylic acids is 1. The standard InChI is InChI=1S/C12H15NO4/c1-2-15-12(14)13-10-5-3-4-9(8-10)11-16-6-7-17-11/h3-5,8,11H,2,6-7H2,1H3,(H,13,14). The van der Waals surface area contributed by atoms with Crippen LogP contribution in [-0.4, -0.2) is 25.9 Å². The second-order valence-electron chi connectivity index (χ2n) is 3.54. The third-order valence-electron chi connectivity index (χ3n) is 2.30. The number of anilines is 1. The molecule has 17 heavy (non-hydrogen) atoms. The normalized spacial score (nSPS) is 15.8. The summed E-state index contributed by atoms with van der Waals surface area (Å²) in [5.74, 6) is 0. The van der Waals surface area contributed by atoms with E-state index in [0.717, 1.165) is 5.56 Å². The van der Waals surface area contributed by atoms with Crippen LogP contribution in [0.15, 0.2) is 24.3 Å². The summed E-state index contributed by atoms with van der Waals surface area (Å²) in [5.41, 5.74) is 1.55. The molecule has 5 heteroatoms. The SMILES string of the molecule is CCOC(=O)Nc1cccc(C2OCCO2)c1. The Morgan fingerprint density at radius 1 is 1.47 bits per heavy atom. The Balaban J connectivity index is 2.03. The molecular weight excluding hydrogens is 222 g/mol. The van der Waals surface area contributed by atoms with E-state index in [4.69, 9.17) is 14.2 Å². The van der Waals surface area contributed by atoms with Crippen LogP contribution in [0.3, 0.4) is 0 Å². The lowest BCUT2D eigenvalue weighted by Gasteiger charge is -2.11. The van der Waals surface area contributed by atoms with Gasteiger partial charge in [-0.05, 0) is 19.1 Å². The highest BCUT2D eigenvalue weighted by Crippen LogP contribution is 2.25. The van der Waals surface area contributed by atoms with Crippen molar-refractivity contribution in [2.24, 2.45) is 0 Å². The van der Waals surface area contributed by atoms with Gasteiger partial charge in [0, 0.05) is 11.3 Å². The van der Waals surface area contributed by atoms with Crippen molar-refractivity contribution in [3.05, 3.63) is 29.8 Å². The van der Waals surface area contributed by atoms with Crippen LogP contribution in [-0.2, 0) is 14.2 Å². The second kappa shape index (κ2) is 5.65. The van der Waals surface area contributed by atoms with Gasteiger partial charge in [0.1, 0.15) is 0 Å². The van der Waals surface area contributed by atoms with E-state index < -0.39 is 6.09 Å². The molecule has 0 saturated carbocycles. The van der Waals surface area contributed by atoms with Crippen LogP contribution in [0.25, 0.3) is 0 Å². The van der Waals surface area contributed by atoms with Crippen molar-refractivity contribution in [2.45, 2.75) is 13.2 Å². The summed E-state index contributed by atoms with van der Waals surface area (Å²) in [4.78, 5) is 11.2. The molecule has 1 N–H and O–H groups in total. The third-order valence-corrected chi connectivity index (χ3v) is 2.30. The van der Waals surface area contributed by atoms with Crippen LogP contribution in [0.1, 0.15) is 18.8 Å². The van der Waals surface area contributed by atoms with Gasteiger partial charge in [0.15, 0.2) is 6.29 Å². The molecule has 0 bridgehead atoms. The van der Waals surface area contributed by atoms with Crippen LogP contribution in [0, 0.1) is 0 Å². The van der Waals surface area contributed by atoms with E-state index in [1.807, 2.05) is 18.2 Å². The van der Waals surface area contributed by atoms with Crippen molar-refractivity contribution in [1.29, 1.82) is 0 Å². The van der Waals surface area contributed by atoms with Gasteiger partial charge >= 0.3 is 6.09 Å². The molecule has 1 amide bonds. The number of carbonyl (C=O) groups is 1. The maximum absolute atomic E-state index is 11.2. The maximum atomic E-state index is 11.2. The Hall–Kier alpha value is -1.59. The van der Waals surface area contributed by atoms with Gasteiger partial charge in [0.25, 0.3) is 0 Å². The fourth-order valence-electron chi connectivity index (χ4n) is 1.60. The Kier molecular flexibility index (Phi) is 3.95. The number of benzene rings is 1. The molecule has 1 fully saturated rings. The van der Waals surface area contributed by atoms with Gasteiger partial charge < -0.3 is 14.2 Å². The van der Waals surface area contributed by atoms with Crippen LogP contribution >= 0.6 is 0 Å². The van der Waals surface area contributed by atoms with E-state index in [9.17, 15) is 4.79 Å². The van der Waals surface area contributed by atoms with Gasteiger partial charge in [-0.2, -0.15) is 0 Å². The topological polar surface area (TPSA) is 56.8 Å². The predicted octanol–water partition coefficient (Wildman–Crippen LogP) is 2.30. The summed E-state index contributed by atoms with van der Waals surface area (Å²) in [6.07, 6.45) is -0.795. The average Bonchev–Trinajstić information content (AvgIpc) is 2.83. The van der Waals surface area contributed by atoms with E-state index in [-0.39, 0.29) is 6.29 Å². The minimum Gasteiger partial charge on any atom is -0.450 e. The lowest BCUT2D eigenvalue weighted by Crippen LogP contribution is -2.13. The summed E-state index contributed by atoms with van der Waals surface area (Å²) in [5, 5.41) is 2.63. The van der Waals surface area contributed by atoms with Crippen molar-refractivity contribution in [2.75, 3.05) is 25.1 Å². The van der Waals surface area contributed by atoms with E-state index in [0.29, 0.717) is 25.5 Å².